The third-order valence-electron chi connectivity index (χ3n) is 3.96. The van der Waals surface area contributed by atoms with Gasteiger partial charge in [0.2, 0.25) is 5.91 Å². The molecule has 4 rings (SSSR count). The first kappa shape index (κ1) is 12.1. The Hall–Kier alpha value is -2.62. The number of hydrogen-bond acceptors (Lipinski definition) is 1. The van der Waals surface area contributed by atoms with Crippen LogP contribution in [-0.2, 0) is 11.2 Å². The minimum atomic E-state index is -0.242. The van der Waals surface area contributed by atoms with Gasteiger partial charge in [0, 0.05) is 34.8 Å². The highest BCUT2D eigenvalue weighted by Gasteiger charge is 2.16. The Bertz CT molecular complexity index is 866. The number of benzene rings is 2. The summed E-state index contributed by atoms with van der Waals surface area (Å²) in [5.41, 5.74) is 4.92. The van der Waals surface area contributed by atoms with E-state index in [1.807, 2.05) is 18.3 Å². The van der Waals surface area contributed by atoms with Crippen LogP contribution in [0.15, 0.2) is 42.6 Å². The van der Waals surface area contributed by atoms with Crippen LogP contribution in [0.25, 0.3) is 22.0 Å². The second-order valence-electron chi connectivity index (χ2n) is 5.31. The molecule has 1 aliphatic rings. The first-order chi connectivity index (χ1) is 10.2. The molecule has 0 saturated carbocycles. The summed E-state index contributed by atoms with van der Waals surface area (Å²) in [4.78, 5) is 14.6. The van der Waals surface area contributed by atoms with E-state index in [0.29, 0.717) is 6.42 Å². The molecule has 0 saturated heterocycles. The summed E-state index contributed by atoms with van der Waals surface area (Å²) < 4.78 is 13.5. The van der Waals surface area contributed by atoms with Gasteiger partial charge in [0.25, 0.3) is 0 Å². The van der Waals surface area contributed by atoms with Crippen molar-refractivity contribution in [2.45, 2.75) is 12.8 Å². The number of hydrogen-bond donors (Lipinski definition) is 2. The van der Waals surface area contributed by atoms with E-state index in [-0.39, 0.29) is 11.7 Å². The van der Waals surface area contributed by atoms with Gasteiger partial charge in [0.15, 0.2) is 0 Å². The van der Waals surface area contributed by atoms with Gasteiger partial charge >= 0.3 is 0 Å². The van der Waals surface area contributed by atoms with Gasteiger partial charge < -0.3 is 10.3 Å². The smallest absolute Gasteiger partial charge is 0.224 e. The van der Waals surface area contributed by atoms with E-state index in [9.17, 15) is 9.18 Å². The number of fused-ring (bicyclic) bond motifs is 2. The maximum absolute atomic E-state index is 13.5. The Morgan fingerprint density at radius 1 is 1.05 bits per heavy atom. The molecule has 0 spiro atoms. The van der Waals surface area contributed by atoms with Crippen LogP contribution in [0.4, 0.5) is 10.1 Å². The molecule has 1 aliphatic heterocycles. The number of halogens is 1. The van der Waals surface area contributed by atoms with E-state index in [0.717, 1.165) is 39.7 Å². The quantitative estimate of drug-likeness (QED) is 0.698. The third kappa shape index (κ3) is 2.00. The van der Waals surface area contributed by atoms with E-state index >= 15 is 0 Å². The van der Waals surface area contributed by atoms with Crippen molar-refractivity contribution in [1.82, 2.24) is 4.98 Å². The minimum absolute atomic E-state index is 0.0596. The molecule has 2 aromatic carbocycles. The van der Waals surface area contributed by atoms with Gasteiger partial charge in [-0.15, -0.1) is 0 Å². The number of anilines is 1. The molecule has 104 valence electrons. The second-order valence-corrected chi connectivity index (χ2v) is 5.31. The van der Waals surface area contributed by atoms with Crippen LogP contribution in [0.1, 0.15) is 12.0 Å². The molecule has 3 nitrogen and oxygen atoms in total. The molecule has 21 heavy (non-hydrogen) atoms. The van der Waals surface area contributed by atoms with Gasteiger partial charge in [-0.1, -0.05) is 6.07 Å². The lowest BCUT2D eigenvalue weighted by Crippen LogP contribution is -2.18. The topological polar surface area (TPSA) is 44.9 Å². The molecule has 3 aromatic rings. The van der Waals surface area contributed by atoms with E-state index in [2.05, 4.69) is 16.4 Å². The van der Waals surface area contributed by atoms with E-state index < -0.39 is 0 Å². The maximum atomic E-state index is 13.5. The van der Waals surface area contributed by atoms with Gasteiger partial charge in [0.05, 0.1) is 0 Å². The first-order valence-electron chi connectivity index (χ1n) is 6.90. The summed E-state index contributed by atoms with van der Waals surface area (Å²) in [5, 5.41) is 3.74. The summed E-state index contributed by atoms with van der Waals surface area (Å²) >= 11 is 0. The van der Waals surface area contributed by atoms with Gasteiger partial charge in [-0.05, 0) is 47.9 Å². The maximum Gasteiger partial charge on any atom is 0.224 e. The Balaban J connectivity index is 1.85. The molecule has 0 fully saturated rings. The molecule has 4 heteroatoms. The van der Waals surface area contributed by atoms with Crippen LogP contribution in [0.3, 0.4) is 0 Å². The molecule has 0 aliphatic carbocycles. The Morgan fingerprint density at radius 3 is 2.86 bits per heavy atom. The van der Waals surface area contributed by atoms with Gasteiger partial charge in [-0.2, -0.15) is 0 Å². The minimum Gasteiger partial charge on any atom is -0.361 e. The lowest BCUT2D eigenvalue weighted by Gasteiger charge is -2.17. The number of amides is 1. The molecule has 1 aromatic heterocycles. The molecule has 0 bridgehead atoms. The van der Waals surface area contributed by atoms with Crippen molar-refractivity contribution in [1.29, 1.82) is 0 Å². The molecule has 0 radical (unpaired) electrons. The highest BCUT2D eigenvalue weighted by molar-refractivity contribution is 5.97. The number of H-pyrrole nitrogens is 1. The molecular weight excluding hydrogens is 267 g/mol. The highest BCUT2D eigenvalue weighted by Crippen LogP contribution is 2.33. The fourth-order valence-corrected chi connectivity index (χ4v) is 2.88. The highest BCUT2D eigenvalue weighted by atomic mass is 19.1. The Kier molecular flexibility index (Phi) is 2.57. The fourth-order valence-electron chi connectivity index (χ4n) is 2.88. The van der Waals surface area contributed by atoms with E-state index in [1.54, 1.807) is 12.1 Å². The molecule has 2 heterocycles. The van der Waals surface area contributed by atoms with Crippen molar-refractivity contribution < 1.29 is 9.18 Å². The Morgan fingerprint density at radius 2 is 1.95 bits per heavy atom. The number of carbonyl (C=O) groups excluding carboxylic acids is 1. The molecule has 2 N–H and O–H groups in total. The summed E-state index contributed by atoms with van der Waals surface area (Å²) in [5.74, 6) is -0.182. The molecule has 0 unspecified atom stereocenters. The summed E-state index contributed by atoms with van der Waals surface area (Å²) in [6, 6.07) is 10.7. The standard InChI is InChI=1S/C17H13FN2O/c18-12-3-5-16-13(8-12)14(9-19-16)10-1-4-15-11(7-10)2-6-17(21)20-15/h1,3-5,7-9,19H,2,6H2,(H,20,21). The predicted octanol–water partition coefficient (Wildman–Crippen LogP) is 3.86. The SMILES string of the molecule is O=C1CCc2cc(-c3c[nH]c4ccc(F)cc34)ccc2N1. The summed E-state index contributed by atoms with van der Waals surface area (Å²) in [6.07, 6.45) is 3.15. The van der Waals surface area contributed by atoms with Gasteiger partial charge in [-0.3, -0.25) is 4.79 Å². The summed E-state index contributed by atoms with van der Waals surface area (Å²) in [7, 11) is 0. The Labute approximate surface area is 120 Å². The van der Waals surface area contributed by atoms with Crippen LogP contribution in [-0.4, -0.2) is 10.9 Å². The number of aromatic nitrogens is 1. The van der Waals surface area contributed by atoms with Gasteiger partial charge in [-0.25, -0.2) is 4.39 Å². The van der Waals surface area contributed by atoms with Crippen molar-refractivity contribution in [2.24, 2.45) is 0 Å². The lowest BCUT2D eigenvalue weighted by molar-refractivity contribution is -0.116. The summed E-state index contributed by atoms with van der Waals surface area (Å²) in [6.45, 7) is 0. The lowest BCUT2D eigenvalue weighted by atomic mass is 9.97. The predicted molar refractivity (Wildman–Crippen MR) is 80.6 cm³/mol. The molecule has 0 atom stereocenters. The number of aromatic amines is 1. The van der Waals surface area contributed by atoms with Gasteiger partial charge in [0.1, 0.15) is 5.82 Å². The van der Waals surface area contributed by atoms with Crippen LogP contribution in [0.2, 0.25) is 0 Å². The number of carbonyl (C=O) groups is 1. The average molecular weight is 280 g/mol. The number of rotatable bonds is 1. The van der Waals surface area contributed by atoms with Crippen molar-refractivity contribution in [3.63, 3.8) is 0 Å². The average Bonchev–Trinajstić information content (AvgIpc) is 2.89. The number of nitrogens with one attached hydrogen (secondary N) is 2. The van der Waals surface area contributed by atoms with Crippen molar-refractivity contribution in [3.8, 4) is 11.1 Å². The normalized spacial score (nSPS) is 14.0. The zero-order valence-corrected chi connectivity index (χ0v) is 11.2. The van der Waals surface area contributed by atoms with Crippen molar-refractivity contribution in [3.05, 3.63) is 54.0 Å². The van der Waals surface area contributed by atoms with Crippen molar-refractivity contribution >= 4 is 22.5 Å². The largest absolute Gasteiger partial charge is 0.361 e. The molecular formula is C17H13FN2O. The van der Waals surface area contributed by atoms with Crippen LogP contribution < -0.4 is 5.32 Å². The van der Waals surface area contributed by atoms with E-state index in [1.165, 1.54) is 6.07 Å². The molecule has 1 amide bonds. The fraction of sp³-hybridized carbons (Fsp3) is 0.118. The van der Waals surface area contributed by atoms with Crippen LogP contribution in [0.5, 0.6) is 0 Å². The first-order valence-corrected chi connectivity index (χ1v) is 6.90. The monoisotopic (exact) mass is 280 g/mol. The number of aryl methyl sites for hydroxylation is 1. The van der Waals surface area contributed by atoms with E-state index in [4.69, 9.17) is 0 Å². The third-order valence-corrected chi connectivity index (χ3v) is 3.96. The zero-order valence-electron chi connectivity index (χ0n) is 11.2. The van der Waals surface area contributed by atoms with Crippen LogP contribution in [0, 0.1) is 5.82 Å². The zero-order chi connectivity index (χ0) is 14.4. The second kappa shape index (κ2) is 4.45. The van der Waals surface area contributed by atoms with Crippen LogP contribution >= 0.6 is 0 Å². The van der Waals surface area contributed by atoms with Crippen molar-refractivity contribution in [2.75, 3.05) is 5.32 Å².